The molecular formula is C14H15N3S2. The Kier molecular flexibility index (Phi) is 3.57. The van der Waals surface area contributed by atoms with Crippen LogP contribution < -0.4 is 0 Å². The SMILES string of the molecule is Cc1c(-c2ccc(C#N)s2)[nH]c(C(C)(C)C)nc1=S. The van der Waals surface area contributed by atoms with Crippen LogP contribution in [-0.4, -0.2) is 9.97 Å². The van der Waals surface area contributed by atoms with Crippen molar-refractivity contribution in [3.05, 3.63) is 33.0 Å². The Morgan fingerprint density at radius 3 is 2.58 bits per heavy atom. The lowest BCUT2D eigenvalue weighted by Gasteiger charge is -2.19. The second-order valence-corrected chi connectivity index (χ2v) is 6.89. The van der Waals surface area contributed by atoms with Crippen molar-refractivity contribution in [3.63, 3.8) is 0 Å². The fraction of sp³-hybridized carbons (Fsp3) is 0.357. The molecule has 0 aliphatic rings. The third kappa shape index (κ3) is 2.75. The van der Waals surface area contributed by atoms with Gasteiger partial charge < -0.3 is 4.98 Å². The summed E-state index contributed by atoms with van der Waals surface area (Å²) < 4.78 is 0.616. The Bertz CT molecular complexity index is 712. The average molecular weight is 289 g/mol. The molecule has 0 unspecified atom stereocenters. The van der Waals surface area contributed by atoms with E-state index in [1.165, 1.54) is 11.3 Å². The lowest BCUT2D eigenvalue weighted by molar-refractivity contribution is 0.544. The van der Waals surface area contributed by atoms with Crippen molar-refractivity contribution in [2.24, 2.45) is 0 Å². The predicted octanol–water partition coefficient (Wildman–Crippen LogP) is 4.35. The van der Waals surface area contributed by atoms with Crippen LogP contribution in [0.1, 0.15) is 37.0 Å². The maximum atomic E-state index is 8.92. The van der Waals surface area contributed by atoms with Crippen LogP contribution in [0.5, 0.6) is 0 Å². The van der Waals surface area contributed by atoms with Crippen molar-refractivity contribution in [3.8, 4) is 16.6 Å². The fourth-order valence-electron chi connectivity index (χ4n) is 1.67. The number of nitrogens with one attached hydrogen (secondary N) is 1. The van der Waals surface area contributed by atoms with Crippen molar-refractivity contribution in [2.45, 2.75) is 33.1 Å². The van der Waals surface area contributed by atoms with Crippen LogP contribution >= 0.6 is 23.6 Å². The normalized spacial score (nSPS) is 11.3. The van der Waals surface area contributed by atoms with Crippen LogP contribution in [0, 0.1) is 22.9 Å². The van der Waals surface area contributed by atoms with Gasteiger partial charge in [-0.25, -0.2) is 4.98 Å². The summed E-state index contributed by atoms with van der Waals surface area (Å²) in [5, 5.41) is 8.92. The van der Waals surface area contributed by atoms with Gasteiger partial charge in [-0.1, -0.05) is 33.0 Å². The molecule has 0 saturated heterocycles. The van der Waals surface area contributed by atoms with Crippen molar-refractivity contribution in [1.82, 2.24) is 9.97 Å². The third-order valence-corrected chi connectivity index (χ3v) is 4.23. The first kappa shape index (κ1) is 13.9. The number of aromatic amines is 1. The zero-order valence-electron chi connectivity index (χ0n) is 11.4. The van der Waals surface area contributed by atoms with Crippen LogP contribution in [0.4, 0.5) is 0 Å². The molecule has 0 radical (unpaired) electrons. The number of aromatic nitrogens is 2. The Morgan fingerprint density at radius 2 is 2.05 bits per heavy atom. The molecule has 0 aromatic carbocycles. The van der Waals surface area contributed by atoms with Gasteiger partial charge in [-0.3, -0.25) is 0 Å². The molecule has 0 aliphatic carbocycles. The summed E-state index contributed by atoms with van der Waals surface area (Å²) in [7, 11) is 0. The maximum absolute atomic E-state index is 8.92. The van der Waals surface area contributed by atoms with Crippen LogP contribution in [0.25, 0.3) is 10.6 Å². The number of hydrogen-bond acceptors (Lipinski definition) is 4. The van der Waals surface area contributed by atoms with Gasteiger partial charge in [0.05, 0.1) is 10.6 Å². The van der Waals surface area contributed by atoms with Crippen molar-refractivity contribution < 1.29 is 0 Å². The lowest BCUT2D eigenvalue weighted by atomic mass is 9.95. The third-order valence-electron chi connectivity index (χ3n) is 2.83. The minimum Gasteiger partial charge on any atom is -0.342 e. The van der Waals surface area contributed by atoms with E-state index < -0.39 is 0 Å². The number of nitrogens with zero attached hydrogens (tertiary/aromatic N) is 2. The molecular weight excluding hydrogens is 274 g/mol. The van der Waals surface area contributed by atoms with Crippen molar-refractivity contribution in [1.29, 1.82) is 5.26 Å². The zero-order valence-corrected chi connectivity index (χ0v) is 13.0. The molecule has 0 aliphatic heterocycles. The van der Waals surface area contributed by atoms with E-state index in [2.05, 4.69) is 36.8 Å². The lowest BCUT2D eigenvalue weighted by Crippen LogP contribution is -2.17. The first-order chi connectivity index (χ1) is 8.82. The predicted molar refractivity (Wildman–Crippen MR) is 80.9 cm³/mol. The van der Waals surface area contributed by atoms with Crippen LogP contribution in [0.15, 0.2) is 12.1 Å². The maximum Gasteiger partial charge on any atom is 0.133 e. The van der Waals surface area contributed by atoms with Gasteiger partial charge in [-0.2, -0.15) is 5.26 Å². The Morgan fingerprint density at radius 1 is 1.37 bits per heavy atom. The molecule has 2 aromatic rings. The molecule has 19 heavy (non-hydrogen) atoms. The van der Waals surface area contributed by atoms with Gasteiger partial charge in [-0.05, 0) is 19.1 Å². The number of rotatable bonds is 1. The summed E-state index contributed by atoms with van der Waals surface area (Å²) in [5.41, 5.74) is 1.83. The van der Waals surface area contributed by atoms with Gasteiger partial charge in [-0.15, -0.1) is 11.3 Å². The molecule has 0 bridgehead atoms. The first-order valence-corrected chi connectivity index (χ1v) is 7.17. The Balaban J connectivity index is 2.66. The van der Waals surface area contributed by atoms with E-state index in [0.29, 0.717) is 9.52 Å². The van der Waals surface area contributed by atoms with Crippen molar-refractivity contribution >= 4 is 23.6 Å². The van der Waals surface area contributed by atoms with E-state index >= 15 is 0 Å². The molecule has 2 rings (SSSR count). The second-order valence-electron chi connectivity index (χ2n) is 5.42. The number of nitriles is 1. The van der Waals surface area contributed by atoms with Crippen LogP contribution in [0.2, 0.25) is 0 Å². The number of H-pyrrole nitrogens is 1. The van der Waals surface area contributed by atoms with Gasteiger partial charge in [0, 0.05) is 11.0 Å². The minimum absolute atomic E-state index is 0.0919. The molecule has 5 heteroatoms. The highest BCUT2D eigenvalue weighted by molar-refractivity contribution is 7.71. The van der Waals surface area contributed by atoms with E-state index in [1.54, 1.807) is 0 Å². The number of hydrogen-bond donors (Lipinski definition) is 1. The highest BCUT2D eigenvalue weighted by Crippen LogP contribution is 2.30. The Labute approximate surface area is 122 Å². The quantitative estimate of drug-likeness (QED) is 0.794. The topological polar surface area (TPSA) is 52.5 Å². The van der Waals surface area contributed by atoms with Gasteiger partial charge >= 0.3 is 0 Å². The van der Waals surface area contributed by atoms with E-state index in [4.69, 9.17) is 17.5 Å². The molecule has 1 N–H and O–H groups in total. The molecule has 0 amide bonds. The molecule has 0 atom stereocenters. The molecule has 2 aromatic heterocycles. The average Bonchev–Trinajstić information content (AvgIpc) is 2.79. The summed E-state index contributed by atoms with van der Waals surface area (Å²) in [6.45, 7) is 8.23. The zero-order chi connectivity index (χ0) is 14.2. The standard InChI is InChI=1S/C14H15N3S2/c1-8-11(10-6-5-9(7-15)19-10)16-13(14(2,3)4)17-12(8)18/h5-6H,1-4H3,(H,16,17,18). The highest BCUT2D eigenvalue weighted by Gasteiger charge is 2.19. The first-order valence-electron chi connectivity index (χ1n) is 5.94. The molecule has 0 saturated carbocycles. The monoisotopic (exact) mass is 289 g/mol. The van der Waals surface area contributed by atoms with Crippen molar-refractivity contribution in [2.75, 3.05) is 0 Å². The van der Waals surface area contributed by atoms with Crippen LogP contribution in [-0.2, 0) is 5.41 Å². The van der Waals surface area contributed by atoms with Gasteiger partial charge in [0.2, 0.25) is 0 Å². The summed E-state index contributed by atoms with van der Waals surface area (Å²) in [6, 6.07) is 5.93. The molecule has 3 nitrogen and oxygen atoms in total. The highest BCUT2D eigenvalue weighted by atomic mass is 32.1. The van der Waals surface area contributed by atoms with Gasteiger partial charge in [0.25, 0.3) is 0 Å². The summed E-state index contributed by atoms with van der Waals surface area (Å²) >= 11 is 6.80. The van der Waals surface area contributed by atoms with Gasteiger partial charge in [0.1, 0.15) is 21.4 Å². The number of thiophene rings is 1. The van der Waals surface area contributed by atoms with E-state index in [0.717, 1.165) is 22.0 Å². The summed E-state index contributed by atoms with van der Waals surface area (Å²) in [5.74, 6) is 0.866. The molecule has 2 heterocycles. The molecule has 98 valence electrons. The molecule has 0 spiro atoms. The minimum atomic E-state index is -0.0919. The smallest absolute Gasteiger partial charge is 0.133 e. The van der Waals surface area contributed by atoms with E-state index in [9.17, 15) is 0 Å². The van der Waals surface area contributed by atoms with E-state index in [1.807, 2.05) is 19.1 Å². The molecule has 0 fully saturated rings. The fourth-order valence-corrected chi connectivity index (χ4v) is 2.72. The van der Waals surface area contributed by atoms with Gasteiger partial charge in [0.15, 0.2) is 0 Å². The van der Waals surface area contributed by atoms with Crippen LogP contribution in [0.3, 0.4) is 0 Å². The summed E-state index contributed by atoms with van der Waals surface area (Å²) in [4.78, 5) is 9.54. The van der Waals surface area contributed by atoms with E-state index in [-0.39, 0.29) is 5.41 Å². The Hall–Kier alpha value is -1.51. The largest absolute Gasteiger partial charge is 0.342 e. The summed E-state index contributed by atoms with van der Waals surface area (Å²) in [6.07, 6.45) is 0. The second kappa shape index (κ2) is 4.87.